The van der Waals surface area contributed by atoms with Gasteiger partial charge in [0.05, 0.1) is 0 Å². The van der Waals surface area contributed by atoms with Gasteiger partial charge in [0.25, 0.3) is 0 Å². The van der Waals surface area contributed by atoms with E-state index in [9.17, 15) is 0 Å². The second kappa shape index (κ2) is 11.9. The van der Waals surface area contributed by atoms with Gasteiger partial charge in [-0.25, -0.2) is 0 Å². The minimum Gasteiger partial charge on any atom is -0.0622 e. The SMILES string of the molecule is CC1(C)c2ccccc2-c2cc3c(-c4ccc(-c5ccccc5)c5ccccc45)c4cc5c(cc4c(-c4cccc6ccccc46)c3cc21)C(C)(C)c1ccccc1-5. The molecule has 0 heterocycles. The first kappa shape index (κ1) is 33.4. The average Bonchev–Trinajstić information content (AvgIpc) is 3.62. The van der Waals surface area contributed by atoms with Crippen LogP contribution in [-0.4, -0.2) is 0 Å². The first-order chi connectivity index (χ1) is 28.3. The molecule has 0 saturated heterocycles. The van der Waals surface area contributed by atoms with E-state index in [4.69, 9.17) is 0 Å². The maximum absolute atomic E-state index is 2.58. The van der Waals surface area contributed by atoms with Gasteiger partial charge < -0.3 is 0 Å². The third kappa shape index (κ3) is 4.46. The van der Waals surface area contributed by atoms with Gasteiger partial charge in [0, 0.05) is 10.8 Å². The van der Waals surface area contributed by atoms with Gasteiger partial charge in [-0.2, -0.15) is 0 Å². The summed E-state index contributed by atoms with van der Waals surface area (Å²) in [6, 6.07) is 68.9. The van der Waals surface area contributed by atoms with Gasteiger partial charge in [0.2, 0.25) is 0 Å². The van der Waals surface area contributed by atoms with Gasteiger partial charge in [-0.3, -0.25) is 0 Å². The summed E-state index contributed by atoms with van der Waals surface area (Å²) in [7, 11) is 0. The van der Waals surface area contributed by atoms with Gasteiger partial charge >= 0.3 is 0 Å². The van der Waals surface area contributed by atoms with Gasteiger partial charge in [-0.15, -0.1) is 0 Å². The Labute approximate surface area is 340 Å². The summed E-state index contributed by atoms with van der Waals surface area (Å²) in [5.74, 6) is 0. The van der Waals surface area contributed by atoms with Crippen LogP contribution < -0.4 is 0 Å². The van der Waals surface area contributed by atoms with Crippen LogP contribution in [0.4, 0.5) is 0 Å². The lowest BCUT2D eigenvalue weighted by atomic mass is 9.77. The highest BCUT2D eigenvalue weighted by Gasteiger charge is 2.38. The van der Waals surface area contributed by atoms with Crippen LogP contribution in [0.15, 0.2) is 182 Å². The molecule has 0 aliphatic heterocycles. The molecule has 58 heavy (non-hydrogen) atoms. The van der Waals surface area contributed by atoms with Crippen molar-refractivity contribution >= 4 is 43.1 Å². The second-order valence-electron chi connectivity index (χ2n) is 17.6. The van der Waals surface area contributed by atoms with Crippen LogP contribution in [0.2, 0.25) is 0 Å². The summed E-state index contributed by atoms with van der Waals surface area (Å²) >= 11 is 0. The maximum atomic E-state index is 2.58. The van der Waals surface area contributed by atoms with E-state index in [0.717, 1.165) is 0 Å². The topological polar surface area (TPSA) is 0 Å². The number of hydrogen-bond donors (Lipinski definition) is 0. The zero-order valence-electron chi connectivity index (χ0n) is 33.3. The summed E-state index contributed by atoms with van der Waals surface area (Å²) in [4.78, 5) is 0. The Hall–Kier alpha value is -6.76. The highest BCUT2D eigenvalue weighted by atomic mass is 14.4. The van der Waals surface area contributed by atoms with E-state index >= 15 is 0 Å². The summed E-state index contributed by atoms with van der Waals surface area (Å²) in [6.45, 7) is 9.63. The lowest BCUT2D eigenvalue weighted by Gasteiger charge is -2.26. The molecule has 0 fully saturated rings. The molecule has 0 nitrogen and oxygen atoms in total. The van der Waals surface area contributed by atoms with E-state index in [1.54, 1.807) is 0 Å². The van der Waals surface area contributed by atoms with E-state index in [-0.39, 0.29) is 10.8 Å². The predicted molar refractivity (Wildman–Crippen MR) is 248 cm³/mol. The van der Waals surface area contributed by atoms with Crippen molar-refractivity contribution in [2.75, 3.05) is 0 Å². The quantitative estimate of drug-likeness (QED) is 0.158. The number of fused-ring (bicyclic) bond motifs is 10. The molecule has 0 bridgehead atoms. The van der Waals surface area contributed by atoms with Crippen LogP contribution in [0.25, 0.3) is 98.7 Å². The van der Waals surface area contributed by atoms with Crippen LogP contribution in [-0.2, 0) is 10.8 Å². The lowest BCUT2D eigenvalue weighted by Crippen LogP contribution is -2.15. The Morgan fingerprint density at radius 2 is 0.672 bits per heavy atom. The Morgan fingerprint density at radius 3 is 1.28 bits per heavy atom. The molecule has 10 aromatic rings. The van der Waals surface area contributed by atoms with Gasteiger partial charge in [0.1, 0.15) is 0 Å². The first-order valence-electron chi connectivity index (χ1n) is 20.7. The second-order valence-corrected chi connectivity index (χ2v) is 17.6. The van der Waals surface area contributed by atoms with Crippen molar-refractivity contribution in [2.45, 2.75) is 38.5 Å². The molecule has 0 saturated carbocycles. The number of hydrogen-bond acceptors (Lipinski definition) is 0. The molecule has 2 aliphatic carbocycles. The fourth-order valence-corrected chi connectivity index (χ4v) is 11.0. The molecule has 274 valence electrons. The standard InChI is InChI=1S/C58H42/c1-57(2)51-27-14-12-24-41(51)45-31-47-49(33-53(45)57)55(43-26-16-20-36-19-8-9-21-37(36)43)50-34-54-46(42-25-13-15-28-52(42)58(54,3)4)32-48(50)56(47)44-30-29-38(35-17-6-5-7-18-35)39-22-10-11-23-40(39)44/h5-34H,1-4H3. The molecule has 0 N–H and O–H groups in total. The van der Waals surface area contributed by atoms with Crippen molar-refractivity contribution in [3.8, 4) is 55.6 Å². The fourth-order valence-electron chi connectivity index (χ4n) is 11.0. The first-order valence-corrected chi connectivity index (χ1v) is 20.7. The van der Waals surface area contributed by atoms with E-state index in [0.29, 0.717) is 0 Å². The summed E-state index contributed by atoms with van der Waals surface area (Å²) in [5.41, 5.74) is 18.3. The molecule has 0 atom stereocenters. The molecule has 2 aliphatic rings. The van der Waals surface area contributed by atoms with Crippen LogP contribution in [0, 0.1) is 0 Å². The van der Waals surface area contributed by atoms with E-state index in [1.807, 2.05) is 0 Å². The smallest absolute Gasteiger partial charge is 0.0159 e. The molecule has 0 heteroatoms. The molecule has 0 amide bonds. The third-order valence-electron chi connectivity index (χ3n) is 13.9. The third-order valence-corrected chi connectivity index (χ3v) is 13.9. The fraction of sp³-hybridized carbons (Fsp3) is 0.103. The minimum absolute atomic E-state index is 0.142. The Bertz CT molecular complexity index is 3250. The maximum Gasteiger partial charge on any atom is 0.0159 e. The van der Waals surface area contributed by atoms with Crippen molar-refractivity contribution in [1.29, 1.82) is 0 Å². The minimum atomic E-state index is -0.142. The monoisotopic (exact) mass is 738 g/mol. The van der Waals surface area contributed by atoms with E-state index in [1.165, 1.54) is 121 Å². The van der Waals surface area contributed by atoms with E-state index < -0.39 is 0 Å². The van der Waals surface area contributed by atoms with Crippen molar-refractivity contribution < 1.29 is 0 Å². The van der Waals surface area contributed by atoms with Crippen molar-refractivity contribution in [3.05, 3.63) is 204 Å². The zero-order chi connectivity index (χ0) is 38.9. The lowest BCUT2D eigenvalue weighted by molar-refractivity contribution is 0.661. The summed E-state index contributed by atoms with van der Waals surface area (Å²) < 4.78 is 0. The predicted octanol–water partition coefficient (Wildman–Crippen LogP) is 15.9. The van der Waals surface area contributed by atoms with Crippen molar-refractivity contribution in [1.82, 2.24) is 0 Å². The highest BCUT2D eigenvalue weighted by Crippen LogP contribution is 2.57. The molecule has 10 aromatic carbocycles. The molecular formula is C58H42. The Morgan fingerprint density at radius 1 is 0.259 bits per heavy atom. The van der Waals surface area contributed by atoms with Crippen molar-refractivity contribution in [3.63, 3.8) is 0 Å². The van der Waals surface area contributed by atoms with Crippen molar-refractivity contribution in [2.24, 2.45) is 0 Å². The normalized spacial score (nSPS) is 14.5. The van der Waals surface area contributed by atoms with Gasteiger partial charge in [-0.1, -0.05) is 185 Å². The van der Waals surface area contributed by atoms with Crippen LogP contribution in [0.5, 0.6) is 0 Å². The largest absolute Gasteiger partial charge is 0.0622 e. The number of benzene rings is 10. The van der Waals surface area contributed by atoms with Crippen LogP contribution in [0.1, 0.15) is 49.9 Å². The van der Waals surface area contributed by atoms with Gasteiger partial charge in [0.15, 0.2) is 0 Å². The van der Waals surface area contributed by atoms with E-state index in [2.05, 4.69) is 210 Å². The average molecular weight is 739 g/mol. The molecule has 12 rings (SSSR count). The molecule has 0 aromatic heterocycles. The van der Waals surface area contributed by atoms with Gasteiger partial charge in [-0.05, 0) is 145 Å². The summed E-state index contributed by atoms with van der Waals surface area (Å²) in [6.07, 6.45) is 0. The van der Waals surface area contributed by atoms with Crippen LogP contribution in [0.3, 0.4) is 0 Å². The van der Waals surface area contributed by atoms with Crippen LogP contribution >= 0.6 is 0 Å². The zero-order valence-corrected chi connectivity index (χ0v) is 33.3. The summed E-state index contributed by atoms with van der Waals surface area (Å²) in [5, 5.41) is 10.3. The molecule has 0 radical (unpaired) electrons. The Kier molecular flexibility index (Phi) is 6.84. The molecule has 0 spiro atoms. The molecule has 0 unspecified atom stereocenters. The Balaban J connectivity index is 1.32. The highest BCUT2D eigenvalue weighted by molar-refractivity contribution is 6.27. The molecular weight excluding hydrogens is 697 g/mol. The number of rotatable bonds is 3.